The van der Waals surface area contributed by atoms with Gasteiger partial charge >= 0.3 is 0 Å². The van der Waals surface area contributed by atoms with Gasteiger partial charge in [-0.05, 0) is 31.4 Å². The average Bonchev–Trinajstić information content (AvgIpc) is 2.37. The molecule has 0 aliphatic carbocycles. The van der Waals surface area contributed by atoms with Crippen molar-refractivity contribution in [3.05, 3.63) is 18.3 Å². The molecule has 1 aromatic heterocycles. The van der Waals surface area contributed by atoms with Crippen LogP contribution in [0.3, 0.4) is 0 Å². The number of ether oxygens (including phenoxy) is 1. The van der Waals surface area contributed by atoms with Crippen molar-refractivity contribution in [1.82, 2.24) is 4.98 Å². The highest BCUT2D eigenvalue weighted by atomic mass is 16.5. The molecule has 0 bridgehead atoms. The van der Waals surface area contributed by atoms with E-state index in [4.69, 9.17) is 11.2 Å². The highest BCUT2D eigenvalue weighted by molar-refractivity contribution is 5.49. The Balaban J connectivity index is 2.38. The number of pyridine rings is 1. The van der Waals surface area contributed by atoms with E-state index >= 15 is 0 Å². The number of hydrogen-bond donors (Lipinski definition) is 1. The lowest BCUT2D eigenvalue weighted by Gasteiger charge is -2.11. The minimum Gasteiger partial charge on any atom is -0.490 e. The van der Waals surface area contributed by atoms with Crippen LogP contribution in [-0.2, 0) is 0 Å². The number of hydrogen-bond acceptors (Lipinski definition) is 3. The third-order valence-corrected chi connectivity index (χ3v) is 2.27. The van der Waals surface area contributed by atoms with Crippen molar-refractivity contribution in [2.24, 2.45) is 0 Å². The van der Waals surface area contributed by atoms with E-state index in [1.807, 2.05) is 12.1 Å². The zero-order valence-electron chi connectivity index (χ0n) is 10.4. The molecule has 0 unspecified atom stereocenters. The summed E-state index contributed by atoms with van der Waals surface area (Å²) in [6, 6.07) is 3.82. The summed E-state index contributed by atoms with van der Waals surface area (Å²) in [5, 5.41) is 3.28. The van der Waals surface area contributed by atoms with E-state index in [1.165, 1.54) is 0 Å². The summed E-state index contributed by atoms with van der Waals surface area (Å²) >= 11 is 0. The van der Waals surface area contributed by atoms with Crippen LogP contribution in [0.5, 0.6) is 5.75 Å². The van der Waals surface area contributed by atoms with E-state index in [9.17, 15) is 0 Å². The number of rotatable bonds is 8. The Morgan fingerprint density at radius 1 is 1.47 bits per heavy atom. The maximum atomic E-state index is 5.61. The van der Waals surface area contributed by atoms with Crippen LogP contribution in [-0.4, -0.2) is 18.1 Å². The van der Waals surface area contributed by atoms with Crippen LogP contribution in [0.1, 0.15) is 32.6 Å². The van der Waals surface area contributed by atoms with Gasteiger partial charge in [0.05, 0.1) is 6.61 Å². The van der Waals surface area contributed by atoms with Crippen molar-refractivity contribution >= 4 is 5.82 Å². The standard InChI is InChI=1S/C14H20N2O/c1-3-5-6-7-10-15-14-13(17-12-4-2)9-8-11-16-14/h1,8-9,11H,4-7,10,12H2,2H3,(H,15,16). The van der Waals surface area contributed by atoms with Crippen molar-refractivity contribution in [3.63, 3.8) is 0 Å². The van der Waals surface area contributed by atoms with Gasteiger partial charge in [-0.25, -0.2) is 4.98 Å². The highest BCUT2D eigenvalue weighted by Gasteiger charge is 2.02. The van der Waals surface area contributed by atoms with Crippen LogP contribution in [0.4, 0.5) is 5.82 Å². The van der Waals surface area contributed by atoms with Crippen LogP contribution in [0, 0.1) is 12.3 Å². The van der Waals surface area contributed by atoms with Crippen molar-refractivity contribution in [3.8, 4) is 18.1 Å². The molecule has 0 fully saturated rings. The molecule has 0 aliphatic rings. The molecule has 3 heteroatoms. The Bertz CT molecular complexity index is 357. The molecule has 1 N–H and O–H groups in total. The molecule has 0 atom stereocenters. The van der Waals surface area contributed by atoms with E-state index in [1.54, 1.807) is 6.20 Å². The molecule has 0 aromatic carbocycles. The molecule has 1 heterocycles. The van der Waals surface area contributed by atoms with Crippen LogP contribution >= 0.6 is 0 Å². The van der Waals surface area contributed by atoms with Crippen LogP contribution in [0.2, 0.25) is 0 Å². The summed E-state index contributed by atoms with van der Waals surface area (Å²) in [4.78, 5) is 4.27. The molecule has 0 aliphatic heterocycles. The minimum absolute atomic E-state index is 0.720. The van der Waals surface area contributed by atoms with Crippen molar-refractivity contribution in [2.45, 2.75) is 32.6 Å². The molecule has 1 aromatic rings. The molecule has 0 spiro atoms. The van der Waals surface area contributed by atoms with Crippen molar-refractivity contribution in [2.75, 3.05) is 18.5 Å². The number of aromatic nitrogens is 1. The van der Waals surface area contributed by atoms with Gasteiger partial charge in [-0.3, -0.25) is 0 Å². The molecule has 3 nitrogen and oxygen atoms in total. The number of nitrogens with zero attached hydrogens (tertiary/aromatic N) is 1. The fourth-order valence-electron chi connectivity index (χ4n) is 1.41. The van der Waals surface area contributed by atoms with Gasteiger partial charge in [-0.15, -0.1) is 12.3 Å². The van der Waals surface area contributed by atoms with Gasteiger partial charge in [0.2, 0.25) is 0 Å². The first-order chi connectivity index (χ1) is 8.38. The fourth-order valence-corrected chi connectivity index (χ4v) is 1.41. The normalized spacial score (nSPS) is 9.65. The maximum absolute atomic E-state index is 5.61. The Morgan fingerprint density at radius 3 is 3.12 bits per heavy atom. The third kappa shape index (κ3) is 5.26. The number of terminal acetylenes is 1. The molecule has 0 saturated carbocycles. The first-order valence-electron chi connectivity index (χ1n) is 6.13. The monoisotopic (exact) mass is 232 g/mol. The fraction of sp³-hybridized carbons (Fsp3) is 0.500. The van der Waals surface area contributed by atoms with Gasteiger partial charge in [-0.2, -0.15) is 0 Å². The Morgan fingerprint density at radius 2 is 2.35 bits per heavy atom. The Hall–Kier alpha value is -1.69. The summed E-state index contributed by atoms with van der Waals surface area (Å²) < 4.78 is 5.61. The minimum atomic E-state index is 0.720. The van der Waals surface area contributed by atoms with Gasteiger partial charge in [0.1, 0.15) is 0 Å². The quantitative estimate of drug-likeness (QED) is 0.552. The predicted octanol–water partition coefficient (Wildman–Crippen LogP) is 3.09. The molecular formula is C14H20N2O. The van der Waals surface area contributed by atoms with Crippen LogP contribution in [0.25, 0.3) is 0 Å². The molecule has 1 rings (SSSR count). The first-order valence-corrected chi connectivity index (χ1v) is 6.13. The number of nitrogens with one attached hydrogen (secondary N) is 1. The molecule has 0 amide bonds. The molecule has 17 heavy (non-hydrogen) atoms. The van der Waals surface area contributed by atoms with E-state index in [0.29, 0.717) is 0 Å². The lowest BCUT2D eigenvalue weighted by molar-refractivity contribution is 0.318. The third-order valence-electron chi connectivity index (χ3n) is 2.27. The average molecular weight is 232 g/mol. The van der Waals surface area contributed by atoms with Crippen molar-refractivity contribution in [1.29, 1.82) is 0 Å². The van der Waals surface area contributed by atoms with Gasteiger partial charge in [0.25, 0.3) is 0 Å². The van der Waals surface area contributed by atoms with Gasteiger partial charge in [0, 0.05) is 19.2 Å². The van der Waals surface area contributed by atoms with Gasteiger partial charge in [0.15, 0.2) is 11.6 Å². The second-order valence-corrected chi connectivity index (χ2v) is 3.79. The zero-order chi connectivity index (χ0) is 12.3. The van der Waals surface area contributed by atoms with Gasteiger partial charge in [-0.1, -0.05) is 6.92 Å². The molecule has 0 saturated heterocycles. The van der Waals surface area contributed by atoms with E-state index < -0.39 is 0 Å². The van der Waals surface area contributed by atoms with Crippen LogP contribution in [0.15, 0.2) is 18.3 Å². The second kappa shape index (κ2) is 8.46. The zero-order valence-corrected chi connectivity index (χ0v) is 10.4. The predicted molar refractivity (Wildman–Crippen MR) is 71.2 cm³/mol. The maximum Gasteiger partial charge on any atom is 0.168 e. The summed E-state index contributed by atoms with van der Waals surface area (Å²) in [5.74, 6) is 4.28. The van der Waals surface area contributed by atoms with Gasteiger partial charge < -0.3 is 10.1 Å². The summed E-state index contributed by atoms with van der Waals surface area (Å²) in [5.41, 5.74) is 0. The Labute approximate surface area is 104 Å². The first kappa shape index (κ1) is 13.4. The van der Waals surface area contributed by atoms with Crippen LogP contribution < -0.4 is 10.1 Å². The summed E-state index contributed by atoms with van der Waals surface area (Å²) in [7, 11) is 0. The summed E-state index contributed by atoms with van der Waals surface area (Å²) in [6.07, 6.45) is 10.9. The summed E-state index contributed by atoms with van der Waals surface area (Å²) in [6.45, 7) is 3.68. The number of anilines is 1. The lowest BCUT2D eigenvalue weighted by atomic mass is 10.2. The lowest BCUT2D eigenvalue weighted by Crippen LogP contribution is -2.06. The molecular weight excluding hydrogens is 212 g/mol. The molecule has 0 radical (unpaired) electrons. The topological polar surface area (TPSA) is 34.2 Å². The van der Waals surface area contributed by atoms with E-state index in [-0.39, 0.29) is 0 Å². The van der Waals surface area contributed by atoms with Crippen molar-refractivity contribution < 1.29 is 4.74 Å². The molecule has 92 valence electrons. The SMILES string of the molecule is C#CCCCCNc1ncccc1OCCC. The largest absolute Gasteiger partial charge is 0.490 e. The smallest absolute Gasteiger partial charge is 0.168 e. The Kier molecular flexibility index (Phi) is 6.66. The van der Waals surface area contributed by atoms with E-state index in [0.717, 1.165) is 50.4 Å². The number of unbranched alkanes of at least 4 members (excludes halogenated alkanes) is 2. The highest BCUT2D eigenvalue weighted by Crippen LogP contribution is 2.20. The van der Waals surface area contributed by atoms with E-state index in [2.05, 4.69) is 23.1 Å². The second-order valence-electron chi connectivity index (χ2n) is 3.79.